The van der Waals surface area contributed by atoms with Crippen LogP contribution in [0.1, 0.15) is 5.69 Å². The van der Waals surface area contributed by atoms with Gasteiger partial charge in [-0.25, -0.2) is 9.78 Å². The molecule has 2 rings (SSSR count). The van der Waals surface area contributed by atoms with Crippen molar-refractivity contribution in [2.75, 3.05) is 17.7 Å². The highest BCUT2D eigenvalue weighted by Crippen LogP contribution is 2.18. The van der Waals surface area contributed by atoms with Gasteiger partial charge in [0, 0.05) is 16.2 Å². The third kappa shape index (κ3) is 3.71. The average Bonchev–Trinajstić information content (AvgIpc) is 2.43. The number of amides is 2. The van der Waals surface area contributed by atoms with E-state index in [9.17, 15) is 4.79 Å². The predicted molar refractivity (Wildman–Crippen MR) is 82.3 cm³/mol. The van der Waals surface area contributed by atoms with Gasteiger partial charge in [0.15, 0.2) is 0 Å². The van der Waals surface area contributed by atoms with E-state index in [1.165, 1.54) is 0 Å². The minimum absolute atomic E-state index is 0.354. The fourth-order valence-corrected chi connectivity index (χ4v) is 1.81. The number of pyridine rings is 1. The molecule has 0 saturated heterocycles. The summed E-state index contributed by atoms with van der Waals surface area (Å²) in [6, 6.07) is 10.3. The second kappa shape index (κ2) is 6.38. The van der Waals surface area contributed by atoms with Crippen molar-refractivity contribution in [2.24, 2.45) is 0 Å². The van der Waals surface area contributed by atoms with Crippen LogP contribution in [-0.2, 0) is 0 Å². The summed E-state index contributed by atoms with van der Waals surface area (Å²) in [7, 11) is 1.58. The van der Waals surface area contributed by atoms with E-state index in [-0.39, 0.29) is 6.03 Å². The lowest BCUT2D eigenvalue weighted by molar-refractivity contribution is 0.262. The Labute approximate surface area is 125 Å². The van der Waals surface area contributed by atoms with Crippen molar-refractivity contribution >= 4 is 33.5 Å². The topological polar surface area (TPSA) is 63.2 Å². The zero-order valence-electron chi connectivity index (χ0n) is 11.1. The van der Waals surface area contributed by atoms with Crippen molar-refractivity contribution < 1.29 is 9.53 Å². The summed E-state index contributed by atoms with van der Waals surface area (Å²) in [5, 5.41) is 5.39. The van der Waals surface area contributed by atoms with Gasteiger partial charge < -0.3 is 10.1 Å². The Morgan fingerprint density at radius 3 is 2.75 bits per heavy atom. The maximum absolute atomic E-state index is 11.9. The van der Waals surface area contributed by atoms with E-state index < -0.39 is 0 Å². The maximum atomic E-state index is 11.9. The summed E-state index contributed by atoms with van der Waals surface area (Å²) in [6.07, 6.45) is 0. The summed E-state index contributed by atoms with van der Waals surface area (Å²) in [6.45, 7) is 1.86. The molecule has 0 aliphatic rings. The van der Waals surface area contributed by atoms with E-state index >= 15 is 0 Å². The zero-order valence-corrected chi connectivity index (χ0v) is 12.7. The third-order valence-electron chi connectivity index (χ3n) is 2.59. The zero-order chi connectivity index (χ0) is 14.5. The molecule has 5 nitrogen and oxygen atoms in total. The van der Waals surface area contributed by atoms with E-state index in [0.29, 0.717) is 17.3 Å². The molecule has 104 valence electrons. The molecular weight excluding hydrogens is 322 g/mol. The number of carbonyl (C=O) groups excluding carboxylic acids is 1. The van der Waals surface area contributed by atoms with E-state index in [4.69, 9.17) is 4.74 Å². The van der Waals surface area contributed by atoms with Gasteiger partial charge in [0.05, 0.1) is 12.8 Å². The molecule has 0 spiro atoms. The number of aromatic nitrogens is 1. The quantitative estimate of drug-likeness (QED) is 0.896. The Morgan fingerprint density at radius 2 is 2.05 bits per heavy atom. The van der Waals surface area contributed by atoms with E-state index in [2.05, 4.69) is 31.5 Å². The van der Waals surface area contributed by atoms with Crippen LogP contribution in [0.15, 0.2) is 40.9 Å². The van der Waals surface area contributed by atoms with Crippen LogP contribution >= 0.6 is 15.9 Å². The van der Waals surface area contributed by atoms with E-state index in [0.717, 1.165) is 10.2 Å². The summed E-state index contributed by atoms with van der Waals surface area (Å²) >= 11 is 3.36. The summed E-state index contributed by atoms with van der Waals surface area (Å²) < 4.78 is 5.99. The monoisotopic (exact) mass is 335 g/mol. The number of hydrogen-bond donors (Lipinski definition) is 2. The molecule has 2 amide bonds. The van der Waals surface area contributed by atoms with E-state index in [1.807, 2.05) is 19.1 Å². The number of aryl methyl sites for hydroxylation is 1. The molecular formula is C14H14BrN3O2. The first kappa shape index (κ1) is 14.3. The number of nitrogens with zero attached hydrogens (tertiary/aromatic N) is 1. The van der Waals surface area contributed by atoms with Crippen LogP contribution in [0, 0.1) is 6.92 Å². The number of halogens is 1. The Bertz CT molecular complexity index is 632. The third-order valence-corrected chi connectivity index (χ3v) is 3.43. The van der Waals surface area contributed by atoms with Gasteiger partial charge in [-0.3, -0.25) is 5.32 Å². The number of urea groups is 1. The number of anilines is 2. The Balaban J connectivity index is 2.03. The van der Waals surface area contributed by atoms with Crippen molar-refractivity contribution in [3.05, 3.63) is 46.6 Å². The Kier molecular flexibility index (Phi) is 4.57. The van der Waals surface area contributed by atoms with Crippen LogP contribution in [0.2, 0.25) is 0 Å². The smallest absolute Gasteiger partial charge is 0.324 e. The highest BCUT2D eigenvalue weighted by atomic mass is 79.9. The minimum atomic E-state index is -0.354. The van der Waals surface area contributed by atoms with E-state index in [1.54, 1.807) is 31.4 Å². The standard InChI is InChI=1S/C14H14BrN3O2/c1-9-12(15)6-7-13(16-9)18-14(19)17-10-4-3-5-11(8-10)20-2/h3-8H,1-2H3,(H2,16,17,18,19). The molecule has 0 aliphatic carbocycles. The molecule has 6 heteroatoms. The summed E-state index contributed by atoms with van der Waals surface area (Å²) in [5.74, 6) is 1.17. The lowest BCUT2D eigenvalue weighted by atomic mass is 10.3. The first-order valence-electron chi connectivity index (χ1n) is 5.93. The number of hydrogen-bond acceptors (Lipinski definition) is 3. The lowest BCUT2D eigenvalue weighted by Gasteiger charge is -2.09. The van der Waals surface area contributed by atoms with Gasteiger partial charge in [-0.2, -0.15) is 0 Å². The maximum Gasteiger partial charge on any atom is 0.324 e. The molecule has 1 aromatic carbocycles. The van der Waals surface area contributed by atoms with Crippen molar-refractivity contribution in [2.45, 2.75) is 6.92 Å². The molecule has 2 N–H and O–H groups in total. The van der Waals surface area contributed by atoms with Gasteiger partial charge in [0.1, 0.15) is 11.6 Å². The summed E-state index contributed by atoms with van der Waals surface area (Å²) in [4.78, 5) is 16.1. The van der Waals surface area contributed by atoms with Gasteiger partial charge in [-0.05, 0) is 47.1 Å². The Morgan fingerprint density at radius 1 is 1.25 bits per heavy atom. The molecule has 0 aliphatic heterocycles. The van der Waals surface area contributed by atoms with Gasteiger partial charge in [0.25, 0.3) is 0 Å². The van der Waals surface area contributed by atoms with Gasteiger partial charge >= 0.3 is 6.03 Å². The van der Waals surface area contributed by atoms with Crippen LogP contribution in [0.5, 0.6) is 5.75 Å². The van der Waals surface area contributed by atoms with Crippen molar-refractivity contribution in [3.63, 3.8) is 0 Å². The molecule has 0 radical (unpaired) electrons. The molecule has 1 heterocycles. The molecule has 0 atom stereocenters. The summed E-state index contributed by atoms with van der Waals surface area (Å²) in [5.41, 5.74) is 1.46. The second-order valence-electron chi connectivity index (χ2n) is 4.07. The highest BCUT2D eigenvalue weighted by molar-refractivity contribution is 9.10. The van der Waals surface area contributed by atoms with Crippen molar-refractivity contribution in [1.29, 1.82) is 0 Å². The molecule has 0 unspecified atom stereocenters. The van der Waals surface area contributed by atoms with Crippen LogP contribution in [0.3, 0.4) is 0 Å². The van der Waals surface area contributed by atoms with Gasteiger partial charge in [-0.15, -0.1) is 0 Å². The fraction of sp³-hybridized carbons (Fsp3) is 0.143. The first-order valence-corrected chi connectivity index (χ1v) is 6.73. The van der Waals surface area contributed by atoms with Crippen LogP contribution in [0.25, 0.3) is 0 Å². The van der Waals surface area contributed by atoms with Crippen molar-refractivity contribution in [3.8, 4) is 5.75 Å². The first-order chi connectivity index (χ1) is 9.58. The van der Waals surface area contributed by atoms with Crippen LogP contribution < -0.4 is 15.4 Å². The number of carbonyl (C=O) groups is 1. The number of benzene rings is 1. The number of ether oxygens (including phenoxy) is 1. The lowest BCUT2D eigenvalue weighted by Crippen LogP contribution is -2.20. The molecule has 0 saturated carbocycles. The number of nitrogens with one attached hydrogen (secondary N) is 2. The molecule has 2 aromatic rings. The molecule has 0 fully saturated rings. The number of rotatable bonds is 3. The molecule has 1 aromatic heterocycles. The predicted octanol–water partition coefficient (Wildman–Crippen LogP) is 3.81. The highest BCUT2D eigenvalue weighted by Gasteiger charge is 2.05. The van der Waals surface area contributed by atoms with Crippen LogP contribution in [-0.4, -0.2) is 18.1 Å². The fourth-order valence-electron chi connectivity index (χ4n) is 1.59. The largest absolute Gasteiger partial charge is 0.497 e. The van der Waals surface area contributed by atoms with Crippen molar-refractivity contribution in [1.82, 2.24) is 4.98 Å². The molecule has 0 bridgehead atoms. The molecule has 20 heavy (non-hydrogen) atoms. The minimum Gasteiger partial charge on any atom is -0.497 e. The van der Waals surface area contributed by atoms with Gasteiger partial charge in [-0.1, -0.05) is 6.07 Å². The normalized spacial score (nSPS) is 9.95. The van der Waals surface area contributed by atoms with Crippen LogP contribution in [0.4, 0.5) is 16.3 Å². The SMILES string of the molecule is COc1cccc(NC(=O)Nc2ccc(Br)c(C)n2)c1. The average molecular weight is 336 g/mol. The van der Waals surface area contributed by atoms with Gasteiger partial charge in [0.2, 0.25) is 0 Å². The number of methoxy groups -OCH3 is 1. The second-order valence-corrected chi connectivity index (χ2v) is 4.93. The Hall–Kier alpha value is -2.08.